The van der Waals surface area contributed by atoms with Gasteiger partial charge in [0.1, 0.15) is 5.75 Å². The molecule has 1 saturated carbocycles. The first-order valence-corrected chi connectivity index (χ1v) is 17.3. The van der Waals surface area contributed by atoms with Gasteiger partial charge in [0.2, 0.25) is 10.0 Å². The van der Waals surface area contributed by atoms with Gasteiger partial charge in [0.25, 0.3) is 11.8 Å². The number of sulfonamides is 1. The normalized spacial score (nSPS) is 21.4. The number of aliphatic carboxylic acids is 1. The third kappa shape index (κ3) is 7.81. The standard InChI is InChI=1S/C32H33Cl2N3O8S/c1-46(42,43)36-26-11-4-5-12-27(26)37-30(24-14-13-20(33)16-25(24)34)29(22-9-2-3-10-23(22)32(37)41)31(40)35-45-17-19-7-6-8-21(15-19)44-18-28(38)39/h2-3,6-10,13-16,26-27,29-30,36H,4-5,11-12,17-18H2,1H3,(H,35,40)(H,38,39). The molecule has 0 aromatic heterocycles. The molecular weight excluding hydrogens is 657 g/mol. The minimum Gasteiger partial charge on any atom is -0.482 e. The highest BCUT2D eigenvalue weighted by molar-refractivity contribution is 7.88. The lowest BCUT2D eigenvalue weighted by atomic mass is 9.76. The Labute approximate surface area is 276 Å². The van der Waals surface area contributed by atoms with Gasteiger partial charge in [-0.3, -0.25) is 14.4 Å². The number of hydroxylamine groups is 1. The van der Waals surface area contributed by atoms with E-state index in [0.29, 0.717) is 45.9 Å². The van der Waals surface area contributed by atoms with Crippen LogP contribution in [0.25, 0.3) is 0 Å². The molecule has 0 bridgehead atoms. The Kier molecular flexibility index (Phi) is 10.5. The van der Waals surface area contributed by atoms with E-state index in [2.05, 4.69) is 10.2 Å². The van der Waals surface area contributed by atoms with Gasteiger partial charge in [-0.05, 0) is 59.9 Å². The molecule has 1 aliphatic carbocycles. The van der Waals surface area contributed by atoms with Crippen LogP contribution in [0.5, 0.6) is 5.75 Å². The van der Waals surface area contributed by atoms with E-state index < -0.39 is 52.6 Å². The van der Waals surface area contributed by atoms with Crippen molar-refractivity contribution >= 4 is 51.0 Å². The maximum Gasteiger partial charge on any atom is 0.341 e. The van der Waals surface area contributed by atoms with E-state index in [9.17, 15) is 22.8 Å². The van der Waals surface area contributed by atoms with Crippen LogP contribution in [0.2, 0.25) is 10.0 Å². The predicted octanol–water partition coefficient (Wildman–Crippen LogP) is 4.85. The number of hydrogen-bond donors (Lipinski definition) is 3. The Morgan fingerprint density at radius 2 is 1.76 bits per heavy atom. The van der Waals surface area contributed by atoms with Crippen LogP contribution in [0, 0.1) is 0 Å². The molecule has 46 heavy (non-hydrogen) atoms. The Morgan fingerprint density at radius 3 is 2.50 bits per heavy atom. The number of rotatable bonds is 11. The number of carboxylic acid groups (broad SMARTS) is 1. The molecule has 5 rings (SSSR count). The fraction of sp³-hybridized carbons (Fsp3) is 0.344. The molecule has 0 spiro atoms. The van der Waals surface area contributed by atoms with Crippen molar-refractivity contribution in [2.24, 2.45) is 0 Å². The van der Waals surface area contributed by atoms with Crippen LogP contribution in [0.1, 0.15) is 64.7 Å². The number of benzene rings is 3. The first-order chi connectivity index (χ1) is 21.9. The van der Waals surface area contributed by atoms with Crippen LogP contribution in [-0.2, 0) is 31.1 Å². The van der Waals surface area contributed by atoms with Crippen molar-refractivity contribution in [1.29, 1.82) is 0 Å². The molecule has 1 heterocycles. The zero-order valence-corrected chi connectivity index (χ0v) is 27.1. The average Bonchev–Trinajstić information content (AvgIpc) is 3.00. The third-order valence-corrected chi connectivity index (χ3v) is 9.36. The maximum atomic E-state index is 14.4. The molecule has 3 aromatic carbocycles. The Morgan fingerprint density at radius 1 is 1.00 bits per heavy atom. The van der Waals surface area contributed by atoms with Gasteiger partial charge in [-0.1, -0.05) is 72.4 Å². The molecule has 1 fully saturated rings. The van der Waals surface area contributed by atoms with E-state index in [-0.39, 0.29) is 17.5 Å². The van der Waals surface area contributed by atoms with Gasteiger partial charge in [-0.25, -0.2) is 23.4 Å². The zero-order chi connectivity index (χ0) is 33.0. The second-order valence-corrected chi connectivity index (χ2v) is 13.9. The molecule has 14 heteroatoms. The van der Waals surface area contributed by atoms with E-state index in [4.69, 9.17) is 37.9 Å². The minimum atomic E-state index is -3.62. The first-order valence-electron chi connectivity index (χ1n) is 14.6. The summed E-state index contributed by atoms with van der Waals surface area (Å²) in [6.45, 7) is -0.573. The summed E-state index contributed by atoms with van der Waals surface area (Å²) in [6.07, 6.45) is 3.64. The van der Waals surface area contributed by atoms with Crippen LogP contribution in [-0.4, -0.2) is 61.2 Å². The first kappa shape index (κ1) is 33.7. The SMILES string of the molecule is CS(=O)(=O)NC1CCCCC1N1C(=O)c2ccccc2C(C(=O)NOCc2cccc(OCC(=O)O)c2)C1c1ccc(Cl)cc1Cl. The van der Waals surface area contributed by atoms with E-state index in [1.54, 1.807) is 71.6 Å². The molecule has 3 aromatic rings. The van der Waals surface area contributed by atoms with Crippen molar-refractivity contribution in [2.45, 2.75) is 56.3 Å². The number of amides is 2. The molecule has 0 radical (unpaired) electrons. The van der Waals surface area contributed by atoms with Crippen molar-refractivity contribution in [3.63, 3.8) is 0 Å². The van der Waals surface area contributed by atoms with Crippen molar-refractivity contribution < 1.29 is 37.5 Å². The van der Waals surface area contributed by atoms with Crippen molar-refractivity contribution in [3.05, 3.63) is 99.0 Å². The fourth-order valence-corrected chi connectivity index (χ4v) is 7.60. The van der Waals surface area contributed by atoms with Gasteiger partial charge in [0, 0.05) is 27.7 Å². The van der Waals surface area contributed by atoms with Gasteiger partial charge < -0.3 is 14.7 Å². The molecule has 2 amide bonds. The highest BCUT2D eigenvalue weighted by Crippen LogP contribution is 2.47. The zero-order valence-electron chi connectivity index (χ0n) is 24.8. The summed E-state index contributed by atoms with van der Waals surface area (Å²) in [6, 6.07) is 16.2. The van der Waals surface area contributed by atoms with Crippen molar-refractivity contribution in [1.82, 2.24) is 15.1 Å². The second-order valence-electron chi connectivity index (χ2n) is 11.3. The number of hydrogen-bond acceptors (Lipinski definition) is 7. The van der Waals surface area contributed by atoms with Crippen molar-refractivity contribution in [3.8, 4) is 5.75 Å². The van der Waals surface area contributed by atoms with Crippen LogP contribution >= 0.6 is 23.2 Å². The molecule has 3 N–H and O–H groups in total. The van der Waals surface area contributed by atoms with E-state index >= 15 is 0 Å². The number of fused-ring (bicyclic) bond motifs is 1. The topological polar surface area (TPSA) is 151 Å². The number of ether oxygens (including phenoxy) is 1. The summed E-state index contributed by atoms with van der Waals surface area (Å²) in [4.78, 5) is 46.6. The van der Waals surface area contributed by atoms with E-state index in [0.717, 1.165) is 19.1 Å². The number of carbonyl (C=O) groups is 3. The van der Waals surface area contributed by atoms with Crippen LogP contribution in [0.15, 0.2) is 66.7 Å². The second kappa shape index (κ2) is 14.4. The molecule has 11 nitrogen and oxygen atoms in total. The largest absolute Gasteiger partial charge is 0.482 e. The summed E-state index contributed by atoms with van der Waals surface area (Å²) in [5.41, 5.74) is 4.40. The minimum absolute atomic E-state index is 0.0671. The Bertz CT molecular complexity index is 1740. The predicted molar refractivity (Wildman–Crippen MR) is 171 cm³/mol. The number of nitrogens with zero attached hydrogens (tertiary/aromatic N) is 1. The molecule has 1 aliphatic heterocycles. The molecular formula is C32H33Cl2N3O8S. The number of carboxylic acids is 1. The summed E-state index contributed by atoms with van der Waals surface area (Å²) in [5, 5.41) is 9.51. The quantitative estimate of drug-likeness (QED) is 0.242. The molecule has 244 valence electrons. The summed E-state index contributed by atoms with van der Waals surface area (Å²) >= 11 is 13.0. The van der Waals surface area contributed by atoms with Crippen LogP contribution < -0.4 is 14.9 Å². The van der Waals surface area contributed by atoms with Gasteiger partial charge in [-0.15, -0.1) is 0 Å². The van der Waals surface area contributed by atoms with Gasteiger partial charge in [0.05, 0.1) is 24.8 Å². The smallest absolute Gasteiger partial charge is 0.341 e. The highest BCUT2D eigenvalue weighted by atomic mass is 35.5. The van der Waals surface area contributed by atoms with E-state index in [1.807, 2.05) is 0 Å². The Hall–Kier alpha value is -3.68. The molecule has 4 atom stereocenters. The number of carbonyl (C=O) groups excluding carboxylic acids is 2. The number of halogens is 2. The van der Waals surface area contributed by atoms with Crippen molar-refractivity contribution in [2.75, 3.05) is 12.9 Å². The fourth-order valence-electron chi connectivity index (χ4n) is 6.25. The number of nitrogens with one attached hydrogen (secondary N) is 2. The van der Waals surface area contributed by atoms with E-state index in [1.165, 1.54) is 0 Å². The Balaban J connectivity index is 1.51. The summed E-state index contributed by atoms with van der Waals surface area (Å²) in [5.74, 6) is -2.69. The molecule has 0 saturated heterocycles. The highest BCUT2D eigenvalue weighted by Gasteiger charge is 2.49. The lowest BCUT2D eigenvalue weighted by Gasteiger charge is -2.49. The van der Waals surface area contributed by atoms with Crippen LogP contribution in [0.3, 0.4) is 0 Å². The summed E-state index contributed by atoms with van der Waals surface area (Å²) < 4.78 is 32.7. The lowest BCUT2D eigenvalue weighted by Crippen LogP contribution is -2.59. The van der Waals surface area contributed by atoms with Gasteiger partial charge in [0.15, 0.2) is 6.61 Å². The molecule has 2 aliphatic rings. The third-order valence-electron chi connectivity index (χ3n) is 8.06. The van der Waals surface area contributed by atoms with Gasteiger partial charge in [-0.2, -0.15) is 0 Å². The lowest BCUT2D eigenvalue weighted by molar-refractivity contribution is -0.139. The monoisotopic (exact) mass is 689 g/mol. The summed E-state index contributed by atoms with van der Waals surface area (Å²) in [7, 11) is -3.62. The van der Waals surface area contributed by atoms with Gasteiger partial charge >= 0.3 is 5.97 Å². The molecule has 4 unspecified atom stereocenters. The average molecular weight is 691 g/mol. The van der Waals surface area contributed by atoms with Crippen LogP contribution in [0.4, 0.5) is 0 Å². The maximum absolute atomic E-state index is 14.4.